The highest BCUT2D eigenvalue weighted by atomic mass is 16.2. The Hall–Kier alpha value is -1.26. The second kappa shape index (κ2) is 4.11. The zero-order valence-corrected chi connectivity index (χ0v) is 7.84. The smallest absolute Gasteiger partial charge is 0.317 e. The minimum atomic E-state index is -0.0660. The molecule has 74 valence electrons. The van der Waals surface area contributed by atoms with Gasteiger partial charge in [-0.2, -0.15) is 0 Å². The van der Waals surface area contributed by atoms with Gasteiger partial charge in [-0.05, 0) is 12.8 Å². The van der Waals surface area contributed by atoms with Crippen molar-refractivity contribution >= 4 is 11.9 Å². The van der Waals surface area contributed by atoms with Crippen LogP contribution in [0, 0.1) is 5.41 Å². The molecule has 0 heterocycles. The highest BCUT2D eigenvalue weighted by Crippen LogP contribution is 2.26. The van der Waals surface area contributed by atoms with Crippen LogP contribution in [0.25, 0.3) is 0 Å². The van der Waals surface area contributed by atoms with E-state index in [0.29, 0.717) is 19.0 Å². The molecule has 1 fully saturated rings. The molecule has 5 nitrogen and oxygen atoms in total. The van der Waals surface area contributed by atoms with E-state index in [1.54, 1.807) is 11.9 Å². The summed E-state index contributed by atoms with van der Waals surface area (Å²) in [5.74, 6) is 0.134. The van der Waals surface area contributed by atoms with Gasteiger partial charge in [0.1, 0.15) is 0 Å². The first-order chi connectivity index (χ1) is 6.15. The van der Waals surface area contributed by atoms with Gasteiger partial charge in [0.25, 0.3) is 0 Å². The van der Waals surface area contributed by atoms with Gasteiger partial charge in [0.05, 0.1) is 5.84 Å². The number of carbonyl (C=O) groups excluding carboxylic acids is 1. The molecule has 1 aliphatic carbocycles. The Balaban J connectivity index is 2.38. The molecule has 0 radical (unpaired) electrons. The van der Waals surface area contributed by atoms with Crippen LogP contribution in [0.15, 0.2) is 0 Å². The summed E-state index contributed by atoms with van der Waals surface area (Å²) >= 11 is 0. The van der Waals surface area contributed by atoms with Crippen LogP contribution in [0.4, 0.5) is 4.79 Å². The molecular formula is C8H16N4O. The second-order valence-corrected chi connectivity index (χ2v) is 3.25. The van der Waals surface area contributed by atoms with Gasteiger partial charge in [-0.1, -0.05) is 0 Å². The lowest BCUT2D eigenvalue weighted by Crippen LogP contribution is -2.41. The fourth-order valence-electron chi connectivity index (χ4n) is 1.22. The minimum Gasteiger partial charge on any atom is -0.388 e. The Morgan fingerprint density at radius 2 is 2.31 bits per heavy atom. The summed E-state index contributed by atoms with van der Waals surface area (Å²) in [6.07, 6.45) is 2.61. The molecule has 0 aromatic heterocycles. The van der Waals surface area contributed by atoms with E-state index in [1.165, 1.54) is 0 Å². The van der Waals surface area contributed by atoms with Gasteiger partial charge in [-0.15, -0.1) is 0 Å². The molecule has 0 unspecified atom stereocenters. The molecule has 5 heteroatoms. The van der Waals surface area contributed by atoms with Crippen molar-refractivity contribution in [3.8, 4) is 0 Å². The minimum absolute atomic E-state index is 0.0660. The van der Waals surface area contributed by atoms with Crippen molar-refractivity contribution in [1.29, 1.82) is 5.41 Å². The number of hydrogen-bond acceptors (Lipinski definition) is 2. The Morgan fingerprint density at radius 3 is 2.69 bits per heavy atom. The standard InChI is InChI=1S/C8H16N4O/c1-11-8(13)12(6-2-3-6)5-4-7(9)10/h6H,2-5H2,1H3,(H3,9,10)(H,11,13). The summed E-state index contributed by atoms with van der Waals surface area (Å²) in [4.78, 5) is 13.1. The molecule has 1 saturated carbocycles. The fourth-order valence-corrected chi connectivity index (χ4v) is 1.22. The van der Waals surface area contributed by atoms with Crippen molar-refractivity contribution in [2.24, 2.45) is 5.73 Å². The number of hydrogen-bond donors (Lipinski definition) is 3. The van der Waals surface area contributed by atoms with Crippen LogP contribution in [0.5, 0.6) is 0 Å². The Labute approximate surface area is 77.8 Å². The van der Waals surface area contributed by atoms with E-state index in [0.717, 1.165) is 12.8 Å². The maximum absolute atomic E-state index is 11.3. The predicted octanol–water partition coefficient (Wildman–Crippen LogP) is 0.116. The van der Waals surface area contributed by atoms with Crippen molar-refractivity contribution in [2.45, 2.75) is 25.3 Å². The molecule has 1 aliphatic rings. The molecule has 0 aromatic carbocycles. The number of rotatable bonds is 4. The Morgan fingerprint density at radius 1 is 1.69 bits per heavy atom. The molecule has 4 N–H and O–H groups in total. The largest absolute Gasteiger partial charge is 0.388 e. The van der Waals surface area contributed by atoms with Gasteiger partial charge in [-0.25, -0.2) is 4.79 Å². The average Bonchev–Trinajstić information content (AvgIpc) is 2.87. The van der Waals surface area contributed by atoms with Crippen LogP contribution in [-0.2, 0) is 0 Å². The normalized spacial score (nSPS) is 15.2. The van der Waals surface area contributed by atoms with Crippen LogP contribution in [-0.4, -0.2) is 36.4 Å². The molecule has 13 heavy (non-hydrogen) atoms. The van der Waals surface area contributed by atoms with E-state index in [2.05, 4.69) is 5.32 Å². The van der Waals surface area contributed by atoms with Crippen molar-refractivity contribution in [3.05, 3.63) is 0 Å². The molecule has 0 saturated heterocycles. The highest BCUT2D eigenvalue weighted by Gasteiger charge is 2.31. The maximum atomic E-state index is 11.3. The van der Waals surface area contributed by atoms with Gasteiger partial charge >= 0.3 is 6.03 Å². The van der Waals surface area contributed by atoms with E-state index >= 15 is 0 Å². The molecule has 0 aromatic rings. The number of amides is 2. The van der Waals surface area contributed by atoms with Crippen molar-refractivity contribution < 1.29 is 4.79 Å². The number of carbonyl (C=O) groups is 1. The molecular weight excluding hydrogens is 168 g/mol. The zero-order valence-electron chi connectivity index (χ0n) is 7.84. The van der Waals surface area contributed by atoms with Crippen molar-refractivity contribution in [1.82, 2.24) is 10.2 Å². The lowest BCUT2D eigenvalue weighted by molar-refractivity contribution is 0.198. The van der Waals surface area contributed by atoms with Gasteiger partial charge in [-0.3, -0.25) is 5.41 Å². The lowest BCUT2D eigenvalue weighted by atomic mass is 10.3. The van der Waals surface area contributed by atoms with Crippen molar-refractivity contribution in [3.63, 3.8) is 0 Å². The number of urea groups is 1. The van der Waals surface area contributed by atoms with Gasteiger partial charge in [0.2, 0.25) is 0 Å². The number of nitrogens with zero attached hydrogens (tertiary/aromatic N) is 1. The van der Waals surface area contributed by atoms with Crippen LogP contribution in [0.3, 0.4) is 0 Å². The molecule has 0 aliphatic heterocycles. The molecule has 1 rings (SSSR count). The van der Waals surface area contributed by atoms with Crippen molar-refractivity contribution in [2.75, 3.05) is 13.6 Å². The summed E-state index contributed by atoms with van der Waals surface area (Å²) in [5.41, 5.74) is 5.23. The number of nitrogens with two attached hydrogens (primary N) is 1. The van der Waals surface area contributed by atoms with Crippen LogP contribution >= 0.6 is 0 Å². The summed E-state index contributed by atoms with van der Waals surface area (Å²) < 4.78 is 0. The first kappa shape index (κ1) is 9.83. The average molecular weight is 184 g/mol. The first-order valence-electron chi connectivity index (χ1n) is 4.46. The molecule has 0 atom stereocenters. The van der Waals surface area contributed by atoms with E-state index in [1.807, 2.05) is 0 Å². The molecule has 0 bridgehead atoms. The first-order valence-corrected chi connectivity index (χ1v) is 4.46. The Kier molecular flexibility index (Phi) is 3.11. The van der Waals surface area contributed by atoms with E-state index < -0.39 is 0 Å². The van der Waals surface area contributed by atoms with E-state index in [-0.39, 0.29) is 11.9 Å². The third-order valence-electron chi connectivity index (χ3n) is 2.08. The summed E-state index contributed by atoms with van der Waals surface area (Å²) in [6.45, 7) is 0.555. The summed E-state index contributed by atoms with van der Waals surface area (Å²) in [7, 11) is 1.62. The van der Waals surface area contributed by atoms with Gasteiger partial charge in [0.15, 0.2) is 0 Å². The van der Waals surface area contributed by atoms with Crippen LogP contribution in [0.2, 0.25) is 0 Å². The summed E-state index contributed by atoms with van der Waals surface area (Å²) in [5, 5.41) is 9.65. The monoisotopic (exact) mass is 184 g/mol. The summed E-state index contributed by atoms with van der Waals surface area (Å²) in [6, 6.07) is 0.308. The third kappa shape index (κ3) is 2.93. The van der Waals surface area contributed by atoms with E-state index in [4.69, 9.17) is 11.1 Å². The van der Waals surface area contributed by atoms with Crippen LogP contribution < -0.4 is 11.1 Å². The zero-order chi connectivity index (χ0) is 9.84. The maximum Gasteiger partial charge on any atom is 0.317 e. The molecule has 2 amide bonds. The highest BCUT2D eigenvalue weighted by molar-refractivity contribution is 5.79. The topological polar surface area (TPSA) is 82.2 Å². The van der Waals surface area contributed by atoms with Gasteiger partial charge < -0.3 is 16.0 Å². The third-order valence-corrected chi connectivity index (χ3v) is 2.08. The number of amidine groups is 1. The van der Waals surface area contributed by atoms with Gasteiger partial charge in [0, 0.05) is 26.1 Å². The van der Waals surface area contributed by atoms with Crippen LogP contribution in [0.1, 0.15) is 19.3 Å². The molecule has 0 spiro atoms. The quantitative estimate of drug-likeness (QED) is 0.428. The Bertz CT molecular complexity index is 212. The lowest BCUT2D eigenvalue weighted by Gasteiger charge is -2.21. The second-order valence-electron chi connectivity index (χ2n) is 3.25. The van der Waals surface area contributed by atoms with E-state index in [9.17, 15) is 4.79 Å². The predicted molar refractivity (Wildman–Crippen MR) is 50.7 cm³/mol. The number of nitrogens with one attached hydrogen (secondary N) is 2. The fraction of sp³-hybridized carbons (Fsp3) is 0.750. The SMILES string of the molecule is CNC(=O)N(CCC(=N)N)C1CC1.